The Morgan fingerprint density at radius 1 is 1.19 bits per heavy atom. The lowest BCUT2D eigenvalue weighted by Crippen LogP contribution is -2.52. The molecule has 3 heterocycles. The molecule has 3 aliphatic rings. The van der Waals surface area contributed by atoms with Gasteiger partial charge in [0, 0.05) is 42.8 Å². The molecular weight excluding hydrogens is 429 g/mol. The molecule has 0 bridgehead atoms. The summed E-state index contributed by atoms with van der Waals surface area (Å²) in [5.74, 6) is 0.897. The first-order valence-electron chi connectivity index (χ1n) is 11.5. The average molecular weight is 458 g/mol. The van der Waals surface area contributed by atoms with Gasteiger partial charge in [-0.3, -0.25) is 4.79 Å². The first-order valence-corrected chi connectivity index (χ1v) is 11.9. The largest absolute Gasteiger partial charge is 0.353 e. The second-order valence-corrected chi connectivity index (χ2v) is 9.58. The van der Waals surface area contributed by atoms with Crippen molar-refractivity contribution in [1.29, 1.82) is 0 Å². The topological polar surface area (TPSA) is 61.4 Å². The molecule has 6 nitrogen and oxygen atoms in total. The third-order valence-corrected chi connectivity index (χ3v) is 7.38. The Labute approximate surface area is 193 Å². The zero-order valence-corrected chi connectivity index (χ0v) is 19.1. The van der Waals surface area contributed by atoms with Crippen molar-refractivity contribution in [3.63, 3.8) is 0 Å². The smallest absolute Gasteiger partial charge is 0.231 e. The van der Waals surface area contributed by atoms with Crippen molar-refractivity contribution in [2.24, 2.45) is 0 Å². The predicted octanol–water partition coefficient (Wildman–Crippen LogP) is 3.83. The van der Waals surface area contributed by atoms with Crippen LogP contribution in [0.1, 0.15) is 61.0 Å². The fraction of sp³-hybridized carbons (Fsp3) is 0.542. The lowest BCUT2D eigenvalue weighted by Gasteiger charge is -2.38. The number of benzene rings is 1. The van der Waals surface area contributed by atoms with Crippen molar-refractivity contribution < 1.29 is 9.18 Å². The molecule has 2 aliphatic heterocycles. The van der Waals surface area contributed by atoms with Gasteiger partial charge in [0.2, 0.25) is 5.91 Å². The van der Waals surface area contributed by atoms with Crippen LogP contribution in [0, 0.1) is 0 Å². The Morgan fingerprint density at radius 2 is 1.94 bits per heavy atom. The molecule has 1 aliphatic carbocycles. The molecule has 1 N–H and O–H groups in total. The molecule has 170 valence electrons. The second kappa shape index (κ2) is 8.94. The van der Waals surface area contributed by atoms with Gasteiger partial charge in [0.15, 0.2) is 0 Å². The quantitative estimate of drug-likeness (QED) is 0.756. The van der Waals surface area contributed by atoms with Crippen LogP contribution in [0.15, 0.2) is 30.6 Å². The number of halogens is 2. The van der Waals surface area contributed by atoms with E-state index in [1.54, 1.807) is 0 Å². The van der Waals surface area contributed by atoms with Crippen LogP contribution in [0.2, 0.25) is 5.02 Å². The molecule has 32 heavy (non-hydrogen) atoms. The zero-order valence-electron chi connectivity index (χ0n) is 18.3. The van der Waals surface area contributed by atoms with Crippen molar-refractivity contribution in [1.82, 2.24) is 20.2 Å². The van der Waals surface area contributed by atoms with Crippen molar-refractivity contribution in [2.75, 3.05) is 37.6 Å². The Kier molecular flexibility index (Phi) is 6.03. The van der Waals surface area contributed by atoms with Crippen LogP contribution < -0.4 is 10.2 Å². The molecule has 2 fully saturated rings. The van der Waals surface area contributed by atoms with Gasteiger partial charge in [0.1, 0.15) is 18.3 Å². The van der Waals surface area contributed by atoms with E-state index in [-0.39, 0.29) is 23.8 Å². The molecule has 0 spiro atoms. The number of carbonyl (C=O) groups is 1. The number of anilines is 1. The average Bonchev–Trinajstić information content (AvgIpc) is 3.44. The summed E-state index contributed by atoms with van der Waals surface area (Å²) < 4.78 is 14.3. The van der Waals surface area contributed by atoms with Crippen molar-refractivity contribution in [2.45, 2.75) is 50.2 Å². The summed E-state index contributed by atoms with van der Waals surface area (Å²) in [7, 11) is 0. The number of carbonyl (C=O) groups excluding carboxylic acids is 1. The van der Waals surface area contributed by atoms with E-state index in [0.717, 1.165) is 36.3 Å². The normalized spacial score (nSPS) is 26.3. The van der Waals surface area contributed by atoms with E-state index in [4.69, 9.17) is 11.6 Å². The van der Waals surface area contributed by atoms with E-state index in [9.17, 15) is 9.18 Å². The van der Waals surface area contributed by atoms with E-state index < -0.39 is 6.17 Å². The fourth-order valence-corrected chi connectivity index (χ4v) is 5.59. The van der Waals surface area contributed by atoms with Crippen LogP contribution in [0.4, 0.5) is 10.2 Å². The zero-order chi connectivity index (χ0) is 22.2. The van der Waals surface area contributed by atoms with E-state index >= 15 is 0 Å². The van der Waals surface area contributed by atoms with Crippen LogP contribution in [-0.2, 0) is 4.79 Å². The Hall–Kier alpha value is -2.25. The summed E-state index contributed by atoms with van der Waals surface area (Å²) in [5.41, 5.74) is 2.49. The molecule has 0 radical (unpaired) electrons. The fourth-order valence-electron chi connectivity index (χ4n) is 5.46. The van der Waals surface area contributed by atoms with Gasteiger partial charge in [-0.2, -0.15) is 0 Å². The summed E-state index contributed by atoms with van der Waals surface area (Å²) >= 11 is 6.09. The molecule has 2 unspecified atom stereocenters. The summed E-state index contributed by atoms with van der Waals surface area (Å²) in [4.78, 5) is 26.5. The molecule has 2 aromatic rings. The molecule has 1 amide bonds. The maximum atomic E-state index is 14.3. The molecule has 2 saturated heterocycles. The number of nitrogens with one attached hydrogen (secondary N) is 1. The van der Waals surface area contributed by atoms with Gasteiger partial charge in [-0.1, -0.05) is 30.7 Å². The standard InChI is InChI=1S/C24H29ClFN5O/c1-15-13-18(26)22-20(15)23(29-14-28-22)30-9-11-31(12-10-30)24(32)21(19-3-2-8-27-19)16-4-6-17(25)7-5-16/h4-7,14-15,18-19,21,27H,2-3,8-13H2,1H3/t15-,18-,19?,21?/m1/s1. The summed E-state index contributed by atoms with van der Waals surface area (Å²) in [6, 6.07) is 7.81. The van der Waals surface area contributed by atoms with Gasteiger partial charge in [0.25, 0.3) is 0 Å². The summed E-state index contributed by atoms with van der Waals surface area (Å²) in [5, 5.41) is 4.19. The highest BCUT2D eigenvalue weighted by Gasteiger charge is 2.38. The van der Waals surface area contributed by atoms with E-state index in [0.29, 0.717) is 43.3 Å². The van der Waals surface area contributed by atoms with Crippen LogP contribution >= 0.6 is 11.6 Å². The minimum absolute atomic E-state index is 0.110. The van der Waals surface area contributed by atoms with Crippen molar-refractivity contribution >= 4 is 23.3 Å². The number of fused-ring (bicyclic) bond motifs is 1. The van der Waals surface area contributed by atoms with Gasteiger partial charge in [-0.25, -0.2) is 14.4 Å². The first kappa shape index (κ1) is 21.6. The number of amides is 1. The third kappa shape index (κ3) is 3.97. The number of alkyl halides is 1. The Balaban J connectivity index is 1.32. The number of nitrogens with zero attached hydrogens (tertiary/aromatic N) is 4. The molecule has 4 atom stereocenters. The highest BCUT2D eigenvalue weighted by Crippen LogP contribution is 2.44. The lowest BCUT2D eigenvalue weighted by atomic mass is 9.89. The van der Waals surface area contributed by atoms with Crippen molar-refractivity contribution in [3.8, 4) is 0 Å². The Morgan fingerprint density at radius 3 is 2.62 bits per heavy atom. The van der Waals surface area contributed by atoms with Crippen LogP contribution in [0.25, 0.3) is 0 Å². The van der Waals surface area contributed by atoms with Gasteiger partial charge in [0.05, 0.1) is 11.6 Å². The second-order valence-electron chi connectivity index (χ2n) is 9.14. The lowest BCUT2D eigenvalue weighted by molar-refractivity contribution is -0.133. The maximum absolute atomic E-state index is 14.3. The highest BCUT2D eigenvalue weighted by atomic mass is 35.5. The van der Waals surface area contributed by atoms with Crippen LogP contribution in [0.5, 0.6) is 0 Å². The predicted molar refractivity (Wildman–Crippen MR) is 123 cm³/mol. The first-order chi connectivity index (χ1) is 15.5. The monoisotopic (exact) mass is 457 g/mol. The molecule has 1 aromatic heterocycles. The van der Waals surface area contributed by atoms with Gasteiger partial charge in [-0.05, 0) is 49.4 Å². The Bertz CT molecular complexity index is 973. The van der Waals surface area contributed by atoms with E-state index in [2.05, 4.69) is 20.2 Å². The maximum Gasteiger partial charge on any atom is 0.231 e. The highest BCUT2D eigenvalue weighted by molar-refractivity contribution is 6.30. The molecular formula is C24H29ClFN5O. The summed E-state index contributed by atoms with van der Waals surface area (Å²) in [6.45, 7) is 5.61. The number of hydrogen-bond acceptors (Lipinski definition) is 5. The van der Waals surface area contributed by atoms with Gasteiger partial charge in [-0.15, -0.1) is 0 Å². The van der Waals surface area contributed by atoms with E-state index in [1.807, 2.05) is 36.1 Å². The summed E-state index contributed by atoms with van der Waals surface area (Å²) in [6.07, 6.45) is 3.01. The van der Waals surface area contributed by atoms with Gasteiger partial charge >= 0.3 is 0 Å². The third-order valence-electron chi connectivity index (χ3n) is 7.13. The number of piperazine rings is 1. The minimum Gasteiger partial charge on any atom is -0.353 e. The number of hydrogen-bond donors (Lipinski definition) is 1. The molecule has 0 saturated carbocycles. The van der Waals surface area contributed by atoms with Crippen molar-refractivity contribution in [3.05, 3.63) is 52.4 Å². The number of rotatable bonds is 4. The van der Waals surface area contributed by atoms with Crippen LogP contribution in [0.3, 0.4) is 0 Å². The number of aromatic nitrogens is 2. The minimum atomic E-state index is -1.01. The molecule has 1 aromatic carbocycles. The van der Waals surface area contributed by atoms with E-state index in [1.165, 1.54) is 6.33 Å². The van der Waals surface area contributed by atoms with Gasteiger partial charge < -0.3 is 15.1 Å². The molecule has 8 heteroatoms. The SMILES string of the molecule is C[C@@H]1C[C@@H](F)c2ncnc(N3CCN(C(=O)C(c4ccc(Cl)cc4)C4CCCN4)CC3)c21. The molecule has 5 rings (SSSR count). The van der Waals surface area contributed by atoms with Crippen LogP contribution in [-0.4, -0.2) is 59.5 Å².